The Morgan fingerprint density at radius 2 is 1.76 bits per heavy atom. The van der Waals surface area contributed by atoms with Gasteiger partial charge in [-0.25, -0.2) is 0 Å². The van der Waals surface area contributed by atoms with Gasteiger partial charge in [-0.05, 0) is 24.3 Å². The van der Waals surface area contributed by atoms with Gasteiger partial charge in [0.1, 0.15) is 17.4 Å². The van der Waals surface area contributed by atoms with Crippen LogP contribution < -0.4 is 9.47 Å². The molecule has 6 heteroatoms. The summed E-state index contributed by atoms with van der Waals surface area (Å²) >= 11 is 5.54. The van der Waals surface area contributed by atoms with E-state index in [9.17, 15) is 0 Å². The number of hydrogen-bond donors (Lipinski definition) is 0. The molecule has 0 bridgehead atoms. The quantitative estimate of drug-likeness (QED) is 0.767. The smallest absolute Gasteiger partial charge is 0.253 e. The number of rotatable bonds is 5. The molecule has 0 aliphatic rings. The highest BCUT2D eigenvalue weighted by Gasteiger charge is 2.05. The molecule has 17 heavy (non-hydrogen) atoms. The van der Waals surface area contributed by atoms with Crippen LogP contribution in [0.3, 0.4) is 0 Å². The summed E-state index contributed by atoms with van der Waals surface area (Å²) in [5.74, 6) is 2.47. The number of alkyl halides is 1. The van der Waals surface area contributed by atoms with E-state index in [-0.39, 0.29) is 12.5 Å². The third-order valence-corrected chi connectivity index (χ3v) is 2.27. The number of methoxy groups -OCH3 is 1. The van der Waals surface area contributed by atoms with Gasteiger partial charge in [-0.1, -0.05) is 0 Å². The van der Waals surface area contributed by atoms with Gasteiger partial charge in [0.15, 0.2) is 6.61 Å². The molecule has 0 saturated heterocycles. The second-order valence-corrected chi connectivity index (χ2v) is 3.45. The maximum Gasteiger partial charge on any atom is 0.253 e. The van der Waals surface area contributed by atoms with Gasteiger partial charge in [-0.3, -0.25) is 0 Å². The third-order valence-electron chi connectivity index (χ3n) is 2.04. The van der Waals surface area contributed by atoms with Gasteiger partial charge in [0.25, 0.3) is 5.89 Å². The lowest BCUT2D eigenvalue weighted by molar-refractivity contribution is 0.259. The maximum atomic E-state index is 5.54. The number of benzene rings is 1. The summed E-state index contributed by atoms with van der Waals surface area (Å²) in [5.41, 5.74) is 0. The Kier molecular flexibility index (Phi) is 3.82. The van der Waals surface area contributed by atoms with Gasteiger partial charge in [-0.2, -0.15) is 0 Å². The zero-order chi connectivity index (χ0) is 12.1. The van der Waals surface area contributed by atoms with Crippen LogP contribution in [0, 0.1) is 0 Å². The SMILES string of the molecule is COc1ccc(OCc2nnc(CCl)o2)cc1. The van der Waals surface area contributed by atoms with Crippen molar-refractivity contribution in [2.24, 2.45) is 0 Å². The van der Waals surface area contributed by atoms with Gasteiger partial charge < -0.3 is 13.9 Å². The lowest BCUT2D eigenvalue weighted by Gasteiger charge is -2.04. The molecule has 5 nitrogen and oxygen atoms in total. The predicted molar refractivity (Wildman–Crippen MR) is 61.2 cm³/mol. The molecule has 2 rings (SSSR count). The fraction of sp³-hybridized carbons (Fsp3) is 0.273. The molecule has 90 valence electrons. The van der Waals surface area contributed by atoms with Crippen LogP contribution in [0.4, 0.5) is 0 Å². The van der Waals surface area contributed by atoms with Gasteiger partial charge in [0.2, 0.25) is 5.89 Å². The number of ether oxygens (including phenoxy) is 2. The monoisotopic (exact) mass is 254 g/mol. The van der Waals surface area contributed by atoms with Gasteiger partial charge in [0.05, 0.1) is 7.11 Å². The van der Waals surface area contributed by atoms with Crippen LogP contribution in [0.2, 0.25) is 0 Å². The van der Waals surface area contributed by atoms with Crippen molar-refractivity contribution in [1.29, 1.82) is 0 Å². The Hall–Kier alpha value is -1.75. The number of nitrogens with zero attached hydrogens (tertiary/aromatic N) is 2. The fourth-order valence-electron chi connectivity index (χ4n) is 1.22. The lowest BCUT2D eigenvalue weighted by atomic mass is 10.3. The zero-order valence-corrected chi connectivity index (χ0v) is 9.98. The largest absolute Gasteiger partial charge is 0.497 e. The number of aromatic nitrogens is 2. The maximum absolute atomic E-state index is 5.54. The molecule has 0 atom stereocenters. The summed E-state index contributed by atoms with van der Waals surface area (Å²) in [6.45, 7) is 0.218. The lowest BCUT2D eigenvalue weighted by Crippen LogP contribution is -1.95. The first-order valence-electron chi connectivity index (χ1n) is 4.96. The van der Waals surface area contributed by atoms with Crippen LogP contribution in [-0.4, -0.2) is 17.3 Å². The molecule has 0 aliphatic carbocycles. The standard InChI is InChI=1S/C11H11ClN2O3/c1-15-8-2-4-9(5-3-8)16-7-11-14-13-10(6-12)17-11/h2-5H,6-7H2,1H3. The average molecular weight is 255 g/mol. The molecule has 1 aromatic carbocycles. The Labute approximate surface area is 103 Å². The summed E-state index contributed by atoms with van der Waals surface area (Å²) in [4.78, 5) is 0. The molecule has 0 radical (unpaired) electrons. The summed E-state index contributed by atoms with van der Waals surface area (Å²) in [7, 11) is 1.61. The van der Waals surface area contributed by atoms with E-state index in [1.54, 1.807) is 19.2 Å². The van der Waals surface area contributed by atoms with Crippen molar-refractivity contribution < 1.29 is 13.9 Å². The van der Waals surface area contributed by atoms with Crippen molar-refractivity contribution in [3.63, 3.8) is 0 Å². The van der Waals surface area contributed by atoms with Crippen molar-refractivity contribution in [2.45, 2.75) is 12.5 Å². The van der Waals surface area contributed by atoms with Crippen LogP contribution in [0.15, 0.2) is 28.7 Å². The first kappa shape index (κ1) is 11.7. The van der Waals surface area contributed by atoms with E-state index in [1.807, 2.05) is 12.1 Å². The van der Waals surface area contributed by atoms with E-state index in [2.05, 4.69) is 10.2 Å². The average Bonchev–Trinajstić information content (AvgIpc) is 2.85. The summed E-state index contributed by atoms with van der Waals surface area (Å²) in [6, 6.07) is 7.23. The minimum atomic E-state index is 0.204. The molecule has 1 aromatic heterocycles. The van der Waals surface area contributed by atoms with Gasteiger partial charge in [-0.15, -0.1) is 21.8 Å². The van der Waals surface area contributed by atoms with Crippen molar-refractivity contribution >= 4 is 11.6 Å². The summed E-state index contributed by atoms with van der Waals surface area (Å²) in [6.07, 6.45) is 0. The fourth-order valence-corrected chi connectivity index (χ4v) is 1.33. The Morgan fingerprint density at radius 3 is 2.35 bits per heavy atom. The van der Waals surface area contributed by atoms with Gasteiger partial charge >= 0.3 is 0 Å². The second kappa shape index (κ2) is 5.54. The van der Waals surface area contributed by atoms with Crippen LogP contribution in [-0.2, 0) is 12.5 Å². The van der Waals surface area contributed by atoms with Crippen LogP contribution in [0.1, 0.15) is 11.8 Å². The highest BCUT2D eigenvalue weighted by molar-refractivity contribution is 6.16. The number of hydrogen-bond acceptors (Lipinski definition) is 5. The minimum absolute atomic E-state index is 0.204. The number of halogens is 1. The third kappa shape index (κ3) is 3.10. The van der Waals surface area contributed by atoms with Crippen LogP contribution in [0.25, 0.3) is 0 Å². The van der Waals surface area contributed by atoms with Crippen molar-refractivity contribution in [3.05, 3.63) is 36.0 Å². The summed E-state index contributed by atoms with van der Waals surface area (Å²) in [5, 5.41) is 7.51. The molecule has 0 saturated carbocycles. The van der Waals surface area contributed by atoms with Crippen molar-refractivity contribution in [2.75, 3.05) is 7.11 Å². The van der Waals surface area contributed by atoms with E-state index in [0.29, 0.717) is 17.5 Å². The van der Waals surface area contributed by atoms with E-state index >= 15 is 0 Å². The molecule has 0 unspecified atom stereocenters. The molecule has 0 amide bonds. The van der Waals surface area contributed by atoms with Crippen molar-refractivity contribution in [3.8, 4) is 11.5 Å². The van der Waals surface area contributed by atoms with E-state index in [0.717, 1.165) is 5.75 Å². The minimum Gasteiger partial charge on any atom is -0.497 e. The summed E-state index contributed by atoms with van der Waals surface area (Å²) < 4.78 is 15.7. The van der Waals surface area contributed by atoms with Gasteiger partial charge in [0, 0.05) is 0 Å². The van der Waals surface area contributed by atoms with E-state index < -0.39 is 0 Å². The van der Waals surface area contributed by atoms with Crippen LogP contribution in [0.5, 0.6) is 11.5 Å². The predicted octanol–water partition coefficient (Wildman–Crippen LogP) is 2.40. The topological polar surface area (TPSA) is 57.4 Å². The highest BCUT2D eigenvalue weighted by Crippen LogP contribution is 2.18. The Morgan fingerprint density at radius 1 is 1.12 bits per heavy atom. The Bertz CT molecular complexity index is 470. The first-order valence-corrected chi connectivity index (χ1v) is 5.49. The molecule has 0 aliphatic heterocycles. The molecule has 0 N–H and O–H groups in total. The second-order valence-electron chi connectivity index (χ2n) is 3.19. The van der Waals surface area contributed by atoms with E-state index in [4.69, 9.17) is 25.5 Å². The zero-order valence-electron chi connectivity index (χ0n) is 9.22. The Balaban J connectivity index is 1.92. The molecule has 0 spiro atoms. The molecular weight excluding hydrogens is 244 g/mol. The first-order chi connectivity index (χ1) is 8.31. The van der Waals surface area contributed by atoms with Crippen LogP contribution >= 0.6 is 11.6 Å². The molecule has 1 heterocycles. The molecule has 0 fully saturated rings. The van der Waals surface area contributed by atoms with Crippen molar-refractivity contribution in [1.82, 2.24) is 10.2 Å². The molecular formula is C11H11ClN2O3. The highest BCUT2D eigenvalue weighted by atomic mass is 35.5. The molecule has 2 aromatic rings. The normalized spacial score (nSPS) is 10.2. The van der Waals surface area contributed by atoms with E-state index in [1.165, 1.54) is 0 Å².